The number of nitrogens with two attached hydrogens (primary N) is 1. The maximum atomic E-state index is 6.00. The van der Waals surface area contributed by atoms with E-state index in [0.717, 1.165) is 25.5 Å². The van der Waals surface area contributed by atoms with Crippen LogP contribution in [-0.4, -0.2) is 42.0 Å². The fraction of sp³-hybridized carbons (Fsp3) is 0.750. The van der Waals surface area contributed by atoms with Crippen LogP contribution in [0.15, 0.2) is 0 Å². The number of anilines is 2. The van der Waals surface area contributed by atoms with Crippen LogP contribution in [0, 0.1) is 0 Å². The van der Waals surface area contributed by atoms with Crippen LogP contribution in [0.5, 0.6) is 0 Å². The van der Waals surface area contributed by atoms with Crippen LogP contribution < -0.4 is 10.6 Å². The molecule has 0 radical (unpaired) electrons. The molecule has 2 fully saturated rings. The molecule has 0 bridgehead atoms. The van der Waals surface area contributed by atoms with Crippen molar-refractivity contribution in [2.45, 2.75) is 25.7 Å². The van der Waals surface area contributed by atoms with Gasteiger partial charge in [0.25, 0.3) is 0 Å². The van der Waals surface area contributed by atoms with Crippen LogP contribution in [0.1, 0.15) is 31.2 Å². The monoisotopic (exact) mass is 252 g/mol. The number of piperazine rings is 1. The lowest BCUT2D eigenvalue weighted by Crippen LogP contribution is -2.46. The van der Waals surface area contributed by atoms with E-state index >= 15 is 0 Å². The minimum atomic E-state index is 0.702. The molecule has 0 unspecified atom stereocenters. The summed E-state index contributed by atoms with van der Waals surface area (Å²) in [6, 6.07) is 0. The summed E-state index contributed by atoms with van der Waals surface area (Å²) in [6.45, 7) is 7.96. The third kappa shape index (κ3) is 2.13. The summed E-state index contributed by atoms with van der Waals surface area (Å²) in [4.78, 5) is 4.98. The lowest BCUT2D eigenvalue weighted by atomic mass is 10.2. The predicted octanol–water partition coefficient (Wildman–Crippen LogP) is 1.74. The van der Waals surface area contributed by atoms with Crippen LogP contribution in [0.2, 0.25) is 0 Å². The van der Waals surface area contributed by atoms with Gasteiger partial charge in [-0.2, -0.15) is 4.37 Å². The van der Waals surface area contributed by atoms with Gasteiger partial charge in [0.05, 0.1) is 0 Å². The molecule has 0 atom stereocenters. The van der Waals surface area contributed by atoms with Crippen molar-refractivity contribution < 1.29 is 0 Å². The fourth-order valence-corrected chi connectivity index (χ4v) is 3.50. The Kier molecular flexibility index (Phi) is 2.96. The predicted molar refractivity (Wildman–Crippen MR) is 72.8 cm³/mol. The van der Waals surface area contributed by atoms with E-state index in [0.29, 0.717) is 5.92 Å². The van der Waals surface area contributed by atoms with E-state index in [1.54, 1.807) is 11.5 Å². The van der Waals surface area contributed by atoms with Gasteiger partial charge >= 0.3 is 0 Å². The van der Waals surface area contributed by atoms with Crippen molar-refractivity contribution in [2.75, 3.05) is 43.4 Å². The lowest BCUT2D eigenvalue weighted by Gasteiger charge is -2.35. The standard InChI is InChI=1S/C12H20N4S/c1-2-15-5-7-16(8-6-15)12-10(9-3-4-9)11(13)14-17-12/h9H,2-8H2,1H3,(H2,13,14). The highest BCUT2D eigenvalue weighted by molar-refractivity contribution is 7.10. The van der Waals surface area contributed by atoms with Crippen molar-refractivity contribution in [1.29, 1.82) is 0 Å². The minimum absolute atomic E-state index is 0.702. The molecule has 0 aromatic carbocycles. The SMILES string of the molecule is CCN1CCN(c2snc(N)c2C2CC2)CC1. The average Bonchev–Trinajstić information content (AvgIpc) is 3.13. The topological polar surface area (TPSA) is 45.4 Å². The van der Waals surface area contributed by atoms with Crippen molar-refractivity contribution >= 4 is 22.4 Å². The molecule has 0 amide bonds. The summed E-state index contributed by atoms with van der Waals surface area (Å²) in [5.74, 6) is 1.48. The molecule has 1 saturated carbocycles. The van der Waals surface area contributed by atoms with Gasteiger partial charge in [-0.05, 0) is 36.8 Å². The summed E-state index contributed by atoms with van der Waals surface area (Å²) in [7, 11) is 0. The molecule has 2 aliphatic rings. The third-order valence-corrected chi connectivity index (χ3v) is 4.77. The Balaban J connectivity index is 1.76. The van der Waals surface area contributed by atoms with Gasteiger partial charge in [0.1, 0.15) is 10.8 Å². The molecule has 1 aliphatic carbocycles. The number of likely N-dealkylation sites (N-methyl/N-ethyl adjacent to an activating group) is 1. The van der Waals surface area contributed by atoms with Crippen molar-refractivity contribution in [1.82, 2.24) is 9.27 Å². The van der Waals surface area contributed by atoms with E-state index in [2.05, 4.69) is 21.1 Å². The van der Waals surface area contributed by atoms with Gasteiger partial charge in [-0.25, -0.2) is 0 Å². The van der Waals surface area contributed by atoms with Gasteiger partial charge in [0.2, 0.25) is 0 Å². The van der Waals surface area contributed by atoms with E-state index in [4.69, 9.17) is 5.73 Å². The molecule has 1 aliphatic heterocycles. The van der Waals surface area contributed by atoms with Crippen molar-refractivity contribution in [3.8, 4) is 0 Å². The quantitative estimate of drug-likeness (QED) is 0.890. The second kappa shape index (κ2) is 4.46. The van der Waals surface area contributed by atoms with E-state index < -0.39 is 0 Å². The van der Waals surface area contributed by atoms with Crippen LogP contribution in [0.3, 0.4) is 0 Å². The maximum absolute atomic E-state index is 6.00. The molecular weight excluding hydrogens is 232 g/mol. The molecule has 0 spiro atoms. The van der Waals surface area contributed by atoms with E-state index in [1.807, 2.05) is 0 Å². The Labute approximate surface area is 107 Å². The number of nitrogens with zero attached hydrogens (tertiary/aromatic N) is 3. The molecule has 5 heteroatoms. The molecule has 1 aromatic rings. The average molecular weight is 252 g/mol. The lowest BCUT2D eigenvalue weighted by molar-refractivity contribution is 0.271. The van der Waals surface area contributed by atoms with Gasteiger partial charge in [0.15, 0.2) is 0 Å². The molecule has 17 heavy (non-hydrogen) atoms. The largest absolute Gasteiger partial charge is 0.383 e. The Morgan fingerprint density at radius 2 is 2.00 bits per heavy atom. The highest BCUT2D eigenvalue weighted by Gasteiger charge is 2.32. The first-order valence-electron chi connectivity index (χ1n) is 6.52. The van der Waals surface area contributed by atoms with Crippen molar-refractivity contribution in [3.63, 3.8) is 0 Å². The number of hydrogen-bond donors (Lipinski definition) is 1. The molecule has 2 heterocycles. The zero-order chi connectivity index (χ0) is 11.8. The Morgan fingerprint density at radius 1 is 1.29 bits per heavy atom. The smallest absolute Gasteiger partial charge is 0.142 e. The van der Waals surface area contributed by atoms with E-state index in [1.165, 1.54) is 36.5 Å². The minimum Gasteiger partial charge on any atom is -0.383 e. The molecule has 4 nitrogen and oxygen atoms in total. The molecule has 1 aromatic heterocycles. The normalized spacial score (nSPS) is 22.1. The summed E-state index contributed by atoms with van der Waals surface area (Å²) in [6.07, 6.45) is 2.59. The molecule has 3 rings (SSSR count). The van der Waals surface area contributed by atoms with E-state index in [9.17, 15) is 0 Å². The fourth-order valence-electron chi connectivity index (χ4n) is 2.55. The Bertz CT molecular complexity index is 391. The van der Waals surface area contributed by atoms with Gasteiger partial charge in [-0.1, -0.05) is 6.92 Å². The van der Waals surface area contributed by atoms with Crippen LogP contribution in [-0.2, 0) is 0 Å². The van der Waals surface area contributed by atoms with Crippen LogP contribution in [0.25, 0.3) is 0 Å². The van der Waals surface area contributed by atoms with E-state index in [-0.39, 0.29) is 0 Å². The van der Waals surface area contributed by atoms with Gasteiger partial charge in [-0.3, -0.25) is 0 Å². The zero-order valence-corrected chi connectivity index (χ0v) is 11.2. The molecule has 1 saturated heterocycles. The zero-order valence-electron chi connectivity index (χ0n) is 10.4. The Morgan fingerprint density at radius 3 is 2.59 bits per heavy atom. The van der Waals surface area contributed by atoms with Crippen molar-refractivity contribution in [2.24, 2.45) is 0 Å². The summed E-state index contributed by atoms with van der Waals surface area (Å²) in [5, 5.41) is 1.35. The third-order valence-electron chi connectivity index (χ3n) is 3.83. The maximum Gasteiger partial charge on any atom is 0.142 e. The summed E-state index contributed by atoms with van der Waals surface area (Å²) >= 11 is 1.59. The second-order valence-corrected chi connectivity index (χ2v) is 5.73. The first-order chi connectivity index (χ1) is 8.29. The highest BCUT2D eigenvalue weighted by atomic mass is 32.1. The molecule has 94 valence electrons. The van der Waals surface area contributed by atoms with Gasteiger partial charge < -0.3 is 15.5 Å². The first kappa shape index (κ1) is 11.3. The number of rotatable bonds is 3. The first-order valence-corrected chi connectivity index (χ1v) is 7.29. The molecule has 2 N–H and O–H groups in total. The van der Waals surface area contributed by atoms with Crippen LogP contribution >= 0.6 is 11.5 Å². The summed E-state index contributed by atoms with van der Waals surface area (Å²) < 4.78 is 4.36. The number of hydrogen-bond acceptors (Lipinski definition) is 5. The summed E-state index contributed by atoms with van der Waals surface area (Å²) in [5.41, 5.74) is 7.35. The number of aromatic nitrogens is 1. The second-order valence-electron chi connectivity index (χ2n) is 4.98. The molecular formula is C12H20N4S. The van der Waals surface area contributed by atoms with Gasteiger partial charge in [0, 0.05) is 31.7 Å². The highest BCUT2D eigenvalue weighted by Crippen LogP contribution is 2.48. The number of nitrogen functional groups attached to an aromatic ring is 1. The Hall–Kier alpha value is -0.810. The van der Waals surface area contributed by atoms with Crippen molar-refractivity contribution in [3.05, 3.63) is 5.56 Å². The van der Waals surface area contributed by atoms with Crippen LogP contribution in [0.4, 0.5) is 10.8 Å². The van der Waals surface area contributed by atoms with Gasteiger partial charge in [-0.15, -0.1) is 0 Å².